The molecule has 0 aliphatic rings. The average molecular weight is 198 g/mol. The molecule has 1 heterocycles. The summed E-state index contributed by atoms with van der Waals surface area (Å²) in [4.78, 5) is 32.7. The maximum absolute atomic E-state index is 11.1. The van der Waals surface area contributed by atoms with Gasteiger partial charge in [0.1, 0.15) is 0 Å². The van der Waals surface area contributed by atoms with Crippen molar-refractivity contribution in [1.82, 2.24) is 4.98 Å². The summed E-state index contributed by atoms with van der Waals surface area (Å²) >= 11 is 0. The highest BCUT2D eigenvalue weighted by molar-refractivity contribution is 5.70. The van der Waals surface area contributed by atoms with Crippen molar-refractivity contribution in [2.45, 2.75) is 6.42 Å². The number of nitrogens with one attached hydrogen (secondary N) is 1. The Morgan fingerprint density at radius 2 is 2.21 bits per heavy atom. The minimum Gasteiger partial charge on any atom is -0.481 e. The fourth-order valence-corrected chi connectivity index (χ4v) is 0.902. The van der Waals surface area contributed by atoms with Crippen LogP contribution in [0.2, 0.25) is 0 Å². The topological polar surface area (TPSA) is 113 Å². The van der Waals surface area contributed by atoms with Crippen molar-refractivity contribution >= 4 is 11.8 Å². The lowest BCUT2D eigenvalue weighted by atomic mass is 10.2. The van der Waals surface area contributed by atoms with Gasteiger partial charge in [-0.05, 0) is 11.0 Å². The maximum atomic E-state index is 11.1. The summed E-state index contributed by atoms with van der Waals surface area (Å²) in [7, 11) is 0. The van der Waals surface area contributed by atoms with Gasteiger partial charge in [0, 0.05) is 6.07 Å². The number of aromatic amines is 1. The summed E-state index contributed by atoms with van der Waals surface area (Å²) in [5.41, 5.74) is -0.760. The van der Waals surface area contributed by atoms with Crippen LogP contribution in [-0.2, 0) is 11.2 Å². The van der Waals surface area contributed by atoms with E-state index in [9.17, 15) is 19.7 Å². The van der Waals surface area contributed by atoms with E-state index in [0.717, 1.165) is 12.1 Å². The van der Waals surface area contributed by atoms with Crippen LogP contribution in [0.1, 0.15) is 5.56 Å². The molecule has 7 nitrogen and oxygen atoms in total. The number of nitro groups is 1. The van der Waals surface area contributed by atoms with Crippen molar-refractivity contribution in [2.24, 2.45) is 0 Å². The van der Waals surface area contributed by atoms with Gasteiger partial charge in [-0.25, -0.2) is 9.78 Å². The number of carbonyl (C=O) groups is 1. The highest BCUT2D eigenvalue weighted by atomic mass is 16.6. The van der Waals surface area contributed by atoms with E-state index in [4.69, 9.17) is 5.11 Å². The van der Waals surface area contributed by atoms with E-state index in [2.05, 4.69) is 0 Å². The molecule has 1 aromatic rings. The summed E-state index contributed by atoms with van der Waals surface area (Å²) in [5, 5.41) is 18.6. The molecule has 1 aromatic heterocycles. The molecule has 0 atom stereocenters. The Morgan fingerprint density at radius 3 is 2.64 bits per heavy atom. The zero-order valence-electron chi connectivity index (χ0n) is 6.89. The molecule has 0 aliphatic heterocycles. The second-order valence-electron chi connectivity index (χ2n) is 2.53. The molecule has 0 bridgehead atoms. The minimum absolute atomic E-state index is 0.0110. The highest BCUT2D eigenvalue weighted by Gasteiger charge is 2.10. The van der Waals surface area contributed by atoms with Gasteiger partial charge in [-0.3, -0.25) is 4.79 Å². The SMILES string of the molecule is O=C(O)Cc1ccc([N+](=O)[O-])[nH]c1=O. The van der Waals surface area contributed by atoms with Crippen LogP contribution in [-0.4, -0.2) is 21.0 Å². The normalized spacial score (nSPS) is 9.71. The largest absolute Gasteiger partial charge is 0.481 e. The van der Waals surface area contributed by atoms with Crippen molar-refractivity contribution in [3.63, 3.8) is 0 Å². The van der Waals surface area contributed by atoms with E-state index >= 15 is 0 Å². The Bertz CT molecular complexity index is 436. The summed E-state index contributed by atoms with van der Waals surface area (Å²) < 4.78 is 0. The molecule has 0 aromatic carbocycles. The fraction of sp³-hybridized carbons (Fsp3) is 0.143. The van der Waals surface area contributed by atoms with Crippen LogP contribution < -0.4 is 5.56 Å². The molecule has 0 saturated carbocycles. The quantitative estimate of drug-likeness (QED) is 0.520. The second kappa shape index (κ2) is 3.69. The van der Waals surface area contributed by atoms with Crippen LogP contribution in [0.5, 0.6) is 0 Å². The summed E-state index contributed by atoms with van der Waals surface area (Å²) in [6.45, 7) is 0. The first-order valence-electron chi connectivity index (χ1n) is 3.59. The molecule has 0 radical (unpaired) electrons. The number of rotatable bonds is 3. The Morgan fingerprint density at radius 1 is 1.57 bits per heavy atom. The minimum atomic E-state index is -1.16. The summed E-state index contributed by atoms with van der Waals surface area (Å²) in [6, 6.07) is 2.19. The van der Waals surface area contributed by atoms with E-state index in [-0.39, 0.29) is 5.56 Å². The highest BCUT2D eigenvalue weighted by Crippen LogP contribution is 2.03. The Hall–Kier alpha value is -2.18. The van der Waals surface area contributed by atoms with Gasteiger partial charge in [0.25, 0.3) is 0 Å². The van der Waals surface area contributed by atoms with Crippen molar-refractivity contribution in [3.8, 4) is 0 Å². The number of carboxylic acids is 1. The van der Waals surface area contributed by atoms with Crippen LogP contribution in [0.3, 0.4) is 0 Å². The monoisotopic (exact) mass is 198 g/mol. The van der Waals surface area contributed by atoms with Gasteiger partial charge in [-0.15, -0.1) is 0 Å². The average Bonchev–Trinajstić information content (AvgIpc) is 2.07. The van der Waals surface area contributed by atoms with Gasteiger partial charge < -0.3 is 15.2 Å². The first-order chi connectivity index (χ1) is 6.50. The molecule has 7 heteroatoms. The third-order valence-corrected chi connectivity index (χ3v) is 1.51. The second-order valence-corrected chi connectivity index (χ2v) is 2.53. The number of H-pyrrole nitrogens is 1. The van der Waals surface area contributed by atoms with Crippen LogP contribution in [0.25, 0.3) is 0 Å². The van der Waals surface area contributed by atoms with Crippen LogP contribution >= 0.6 is 0 Å². The Kier molecular flexibility index (Phi) is 2.61. The Labute approximate surface area is 77.2 Å². The molecular formula is C7H6N2O5. The fourth-order valence-electron chi connectivity index (χ4n) is 0.902. The predicted octanol–water partition coefficient (Wildman–Crippen LogP) is -0.0898. The van der Waals surface area contributed by atoms with Gasteiger partial charge in [-0.1, -0.05) is 0 Å². The van der Waals surface area contributed by atoms with E-state index in [1.807, 2.05) is 4.98 Å². The predicted molar refractivity (Wildman–Crippen MR) is 45.1 cm³/mol. The maximum Gasteiger partial charge on any atom is 0.335 e. The zero-order chi connectivity index (χ0) is 10.7. The Balaban J connectivity index is 3.08. The molecule has 2 N–H and O–H groups in total. The first-order valence-corrected chi connectivity index (χ1v) is 3.59. The lowest BCUT2D eigenvalue weighted by Crippen LogP contribution is -2.16. The number of aromatic nitrogens is 1. The third kappa shape index (κ3) is 2.16. The third-order valence-electron chi connectivity index (χ3n) is 1.51. The summed E-state index contributed by atoms with van der Waals surface area (Å²) in [5.74, 6) is -1.62. The van der Waals surface area contributed by atoms with Gasteiger partial charge in [0.05, 0.1) is 12.0 Å². The van der Waals surface area contributed by atoms with E-state index in [1.54, 1.807) is 0 Å². The summed E-state index contributed by atoms with van der Waals surface area (Å²) in [6.07, 6.45) is -0.451. The zero-order valence-corrected chi connectivity index (χ0v) is 6.89. The van der Waals surface area contributed by atoms with Crippen LogP contribution in [0.4, 0.5) is 5.82 Å². The van der Waals surface area contributed by atoms with Gasteiger partial charge in [0.15, 0.2) is 0 Å². The smallest absolute Gasteiger partial charge is 0.335 e. The number of aliphatic carboxylic acids is 1. The van der Waals surface area contributed by atoms with Crippen molar-refractivity contribution in [1.29, 1.82) is 0 Å². The van der Waals surface area contributed by atoms with Crippen LogP contribution in [0.15, 0.2) is 16.9 Å². The van der Waals surface area contributed by atoms with Gasteiger partial charge in [0.2, 0.25) is 0 Å². The number of pyridine rings is 1. The van der Waals surface area contributed by atoms with Gasteiger partial charge in [-0.2, -0.15) is 0 Å². The number of hydrogen-bond acceptors (Lipinski definition) is 4. The molecule has 0 aliphatic carbocycles. The number of carboxylic acid groups (broad SMARTS) is 1. The van der Waals surface area contributed by atoms with E-state index in [1.165, 1.54) is 0 Å². The van der Waals surface area contributed by atoms with Crippen molar-refractivity contribution in [3.05, 3.63) is 38.2 Å². The molecule has 74 valence electrons. The number of hydrogen-bond donors (Lipinski definition) is 2. The molecule has 0 amide bonds. The van der Waals surface area contributed by atoms with Crippen LogP contribution in [0, 0.1) is 10.1 Å². The molecule has 0 saturated heterocycles. The standard InChI is InChI=1S/C7H6N2O5/c10-6(11)3-4-1-2-5(9(13)14)8-7(4)12/h1-2H,3H2,(H,8,12)(H,10,11). The molecule has 0 spiro atoms. The van der Waals surface area contributed by atoms with E-state index < -0.39 is 28.7 Å². The molecule has 0 unspecified atom stereocenters. The lowest BCUT2D eigenvalue weighted by Gasteiger charge is -1.95. The first kappa shape index (κ1) is 9.90. The number of nitrogens with zero attached hydrogens (tertiary/aromatic N) is 1. The molecule has 0 fully saturated rings. The van der Waals surface area contributed by atoms with Crippen molar-refractivity contribution < 1.29 is 14.8 Å². The lowest BCUT2D eigenvalue weighted by molar-refractivity contribution is -0.389. The van der Waals surface area contributed by atoms with Crippen molar-refractivity contribution in [2.75, 3.05) is 0 Å². The molecule has 1 rings (SSSR count). The van der Waals surface area contributed by atoms with Gasteiger partial charge >= 0.3 is 17.3 Å². The molecular weight excluding hydrogens is 192 g/mol. The molecule has 14 heavy (non-hydrogen) atoms. The van der Waals surface area contributed by atoms with E-state index in [0.29, 0.717) is 0 Å².